The lowest BCUT2D eigenvalue weighted by atomic mass is 9.79. The predicted octanol–water partition coefficient (Wildman–Crippen LogP) is 0.869. The standard InChI is InChI=1S/C13H24N2O2/c1-13(2,3)10-8-11(14-9-10)12(16)15-4-6-17-7-5-15/h10-11,14H,4-9H2,1-3H3. The van der Waals surface area contributed by atoms with Crippen LogP contribution in [0.2, 0.25) is 0 Å². The number of amides is 1. The summed E-state index contributed by atoms with van der Waals surface area (Å²) in [5.74, 6) is 0.859. The van der Waals surface area contributed by atoms with Gasteiger partial charge in [0, 0.05) is 13.1 Å². The van der Waals surface area contributed by atoms with E-state index in [0.717, 1.165) is 26.1 Å². The van der Waals surface area contributed by atoms with Gasteiger partial charge < -0.3 is 15.0 Å². The van der Waals surface area contributed by atoms with Gasteiger partial charge in [-0.15, -0.1) is 0 Å². The molecule has 0 aliphatic carbocycles. The zero-order chi connectivity index (χ0) is 12.5. The van der Waals surface area contributed by atoms with Crippen LogP contribution in [0.1, 0.15) is 27.2 Å². The van der Waals surface area contributed by atoms with Crippen LogP contribution in [0.3, 0.4) is 0 Å². The highest BCUT2D eigenvalue weighted by atomic mass is 16.5. The summed E-state index contributed by atoms with van der Waals surface area (Å²) in [4.78, 5) is 14.2. The average molecular weight is 240 g/mol. The lowest BCUT2D eigenvalue weighted by Crippen LogP contribution is -2.48. The molecular formula is C13H24N2O2. The van der Waals surface area contributed by atoms with E-state index < -0.39 is 0 Å². The maximum Gasteiger partial charge on any atom is 0.239 e. The Kier molecular flexibility index (Phi) is 3.73. The molecular weight excluding hydrogens is 216 g/mol. The van der Waals surface area contributed by atoms with Crippen molar-refractivity contribution in [1.29, 1.82) is 0 Å². The van der Waals surface area contributed by atoms with Crippen molar-refractivity contribution in [2.24, 2.45) is 11.3 Å². The number of hydrogen-bond acceptors (Lipinski definition) is 3. The van der Waals surface area contributed by atoms with E-state index in [4.69, 9.17) is 4.74 Å². The van der Waals surface area contributed by atoms with Crippen molar-refractivity contribution < 1.29 is 9.53 Å². The summed E-state index contributed by atoms with van der Waals surface area (Å²) in [5, 5.41) is 3.38. The molecule has 98 valence electrons. The number of nitrogens with zero attached hydrogens (tertiary/aromatic N) is 1. The van der Waals surface area contributed by atoms with Gasteiger partial charge in [0.05, 0.1) is 19.3 Å². The normalized spacial score (nSPS) is 30.6. The van der Waals surface area contributed by atoms with E-state index in [0.29, 0.717) is 19.1 Å². The molecule has 0 radical (unpaired) electrons. The van der Waals surface area contributed by atoms with Crippen LogP contribution in [0.4, 0.5) is 0 Å². The minimum absolute atomic E-state index is 0.0253. The number of morpholine rings is 1. The van der Waals surface area contributed by atoms with Crippen molar-refractivity contribution in [2.75, 3.05) is 32.8 Å². The summed E-state index contributed by atoms with van der Waals surface area (Å²) in [7, 11) is 0. The SMILES string of the molecule is CC(C)(C)C1CNC(C(=O)N2CCOCC2)C1. The Labute approximate surface area is 104 Å². The van der Waals surface area contributed by atoms with Crippen molar-refractivity contribution in [3.05, 3.63) is 0 Å². The first-order valence-electron chi connectivity index (χ1n) is 6.58. The monoisotopic (exact) mass is 240 g/mol. The molecule has 0 aromatic carbocycles. The molecule has 2 saturated heterocycles. The smallest absolute Gasteiger partial charge is 0.239 e. The number of ether oxygens (including phenoxy) is 1. The van der Waals surface area contributed by atoms with Crippen LogP contribution in [0.5, 0.6) is 0 Å². The van der Waals surface area contributed by atoms with Crippen molar-refractivity contribution in [2.45, 2.75) is 33.2 Å². The summed E-state index contributed by atoms with van der Waals surface area (Å²) in [6.45, 7) is 10.6. The molecule has 0 bridgehead atoms. The summed E-state index contributed by atoms with van der Waals surface area (Å²) in [5.41, 5.74) is 0.285. The molecule has 17 heavy (non-hydrogen) atoms. The second-order valence-electron chi connectivity index (χ2n) is 6.20. The second-order valence-corrected chi connectivity index (χ2v) is 6.20. The van der Waals surface area contributed by atoms with Gasteiger partial charge in [-0.3, -0.25) is 4.79 Å². The summed E-state index contributed by atoms with van der Waals surface area (Å²) >= 11 is 0. The zero-order valence-electron chi connectivity index (χ0n) is 11.2. The highest BCUT2D eigenvalue weighted by Crippen LogP contribution is 2.32. The number of carbonyl (C=O) groups excluding carboxylic acids is 1. The summed E-state index contributed by atoms with van der Waals surface area (Å²) < 4.78 is 5.27. The third kappa shape index (κ3) is 2.99. The fourth-order valence-electron chi connectivity index (χ4n) is 2.59. The van der Waals surface area contributed by atoms with E-state index in [1.807, 2.05) is 4.90 Å². The molecule has 2 rings (SSSR count). The van der Waals surface area contributed by atoms with Crippen LogP contribution in [0.25, 0.3) is 0 Å². The molecule has 0 aromatic heterocycles. The van der Waals surface area contributed by atoms with Gasteiger partial charge in [-0.2, -0.15) is 0 Å². The number of nitrogens with one attached hydrogen (secondary N) is 1. The van der Waals surface area contributed by atoms with Gasteiger partial charge in [0.15, 0.2) is 0 Å². The Hall–Kier alpha value is -0.610. The van der Waals surface area contributed by atoms with Gasteiger partial charge in [-0.1, -0.05) is 20.8 Å². The van der Waals surface area contributed by atoms with Crippen LogP contribution in [-0.4, -0.2) is 49.7 Å². The Morgan fingerprint density at radius 2 is 1.94 bits per heavy atom. The van der Waals surface area contributed by atoms with Crippen LogP contribution < -0.4 is 5.32 Å². The van der Waals surface area contributed by atoms with Crippen LogP contribution in [0.15, 0.2) is 0 Å². The molecule has 2 aliphatic heterocycles. The third-order valence-corrected chi connectivity index (χ3v) is 3.98. The van der Waals surface area contributed by atoms with E-state index in [2.05, 4.69) is 26.1 Å². The van der Waals surface area contributed by atoms with E-state index in [-0.39, 0.29) is 17.4 Å². The number of carbonyl (C=O) groups is 1. The van der Waals surface area contributed by atoms with E-state index >= 15 is 0 Å². The van der Waals surface area contributed by atoms with Gasteiger partial charge in [0.2, 0.25) is 5.91 Å². The quantitative estimate of drug-likeness (QED) is 0.739. The average Bonchev–Trinajstić information content (AvgIpc) is 2.78. The first kappa shape index (κ1) is 12.8. The summed E-state index contributed by atoms with van der Waals surface area (Å²) in [6, 6.07) is 0.0253. The molecule has 0 spiro atoms. The van der Waals surface area contributed by atoms with Crippen molar-refractivity contribution in [1.82, 2.24) is 10.2 Å². The minimum atomic E-state index is 0.0253. The fourth-order valence-corrected chi connectivity index (χ4v) is 2.59. The highest BCUT2D eigenvalue weighted by Gasteiger charge is 2.37. The zero-order valence-corrected chi connectivity index (χ0v) is 11.2. The predicted molar refractivity (Wildman–Crippen MR) is 66.8 cm³/mol. The van der Waals surface area contributed by atoms with Gasteiger partial charge >= 0.3 is 0 Å². The lowest BCUT2D eigenvalue weighted by Gasteiger charge is -2.30. The number of hydrogen-bond donors (Lipinski definition) is 1. The van der Waals surface area contributed by atoms with Gasteiger partial charge in [-0.05, 0) is 24.3 Å². The molecule has 2 atom stereocenters. The Bertz CT molecular complexity index is 280. The maximum absolute atomic E-state index is 12.3. The molecule has 0 aromatic rings. The van der Waals surface area contributed by atoms with Crippen molar-refractivity contribution in [3.8, 4) is 0 Å². The van der Waals surface area contributed by atoms with E-state index in [1.165, 1.54) is 0 Å². The molecule has 4 nitrogen and oxygen atoms in total. The van der Waals surface area contributed by atoms with E-state index in [9.17, 15) is 4.79 Å². The lowest BCUT2D eigenvalue weighted by molar-refractivity contribution is -0.137. The number of rotatable bonds is 1. The molecule has 2 fully saturated rings. The van der Waals surface area contributed by atoms with Crippen LogP contribution >= 0.6 is 0 Å². The molecule has 2 unspecified atom stereocenters. The Balaban J connectivity index is 1.89. The first-order valence-corrected chi connectivity index (χ1v) is 6.58. The molecule has 2 aliphatic rings. The topological polar surface area (TPSA) is 41.6 Å². The second kappa shape index (κ2) is 4.94. The van der Waals surface area contributed by atoms with Crippen molar-refractivity contribution in [3.63, 3.8) is 0 Å². The fraction of sp³-hybridized carbons (Fsp3) is 0.923. The largest absolute Gasteiger partial charge is 0.378 e. The van der Waals surface area contributed by atoms with Gasteiger partial charge in [0.1, 0.15) is 0 Å². The first-order chi connectivity index (χ1) is 7.98. The Morgan fingerprint density at radius 3 is 2.47 bits per heavy atom. The van der Waals surface area contributed by atoms with Gasteiger partial charge in [0.25, 0.3) is 0 Å². The molecule has 0 saturated carbocycles. The maximum atomic E-state index is 12.3. The van der Waals surface area contributed by atoms with E-state index in [1.54, 1.807) is 0 Å². The van der Waals surface area contributed by atoms with Gasteiger partial charge in [-0.25, -0.2) is 0 Å². The summed E-state index contributed by atoms with van der Waals surface area (Å²) in [6.07, 6.45) is 0.972. The van der Waals surface area contributed by atoms with Crippen LogP contribution in [0, 0.1) is 11.3 Å². The highest BCUT2D eigenvalue weighted by molar-refractivity contribution is 5.82. The molecule has 1 N–H and O–H groups in total. The molecule has 4 heteroatoms. The van der Waals surface area contributed by atoms with Crippen molar-refractivity contribution >= 4 is 5.91 Å². The Morgan fingerprint density at radius 1 is 1.29 bits per heavy atom. The molecule has 1 amide bonds. The molecule has 2 heterocycles. The van der Waals surface area contributed by atoms with Crippen LogP contribution in [-0.2, 0) is 9.53 Å². The third-order valence-electron chi connectivity index (χ3n) is 3.98. The minimum Gasteiger partial charge on any atom is -0.378 e.